The van der Waals surface area contributed by atoms with E-state index in [1.807, 2.05) is 49.4 Å². The molecule has 0 spiro atoms. The average Bonchev–Trinajstić information content (AvgIpc) is 2.75. The standard InChI is InChI=1S/C28H26O3/c1-4-7-20-11-13-27(30)24(17-20)25-18-21(8-5-2)16-23(28(25)31)12-14-26(29)22-10-6-9-19(3)15-22/h4-6,9-18,30-31H,1-2,7-8H2,3H3. The number of aromatic hydroxyl groups is 2. The summed E-state index contributed by atoms with van der Waals surface area (Å²) in [4.78, 5) is 12.6. The maximum atomic E-state index is 12.6. The van der Waals surface area contributed by atoms with E-state index in [0.717, 1.165) is 16.7 Å². The molecule has 0 heterocycles. The van der Waals surface area contributed by atoms with Gasteiger partial charge in [0.1, 0.15) is 11.5 Å². The van der Waals surface area contributed by atoms with Crippen LogP contribution in [0.25, 0.3) is 17.2 Å². The van der Waals surface area contributed by atoms with Crippen LogP contribution in [0.3, 0.4) is 0 Å². The lowest BCUT2D eigenvalue weighted by Crippen LogP contribution is -1.95. The minimum atomic E-state index is -0.144. The lowest BCUT2D eigenvalue weighted by molar-refractivity contribution is 0.104. The van der Waals surface area contributed by atoms with Crippen molar-refractivity contribution < 1.29 is 15.0 Å². The number of hydrogen-bond donors (Lipinski definition) is 2. The lowest BCUT2D eigenvalue weighted by atomic mass is 9.94. The molecule has 0 aromatic heterocycles. The number of carbonyl (C=O) groups excluding carboxylic acids is 1. The fourth-order valence-corrected chi connectivity index (χ4v) is 3.49. The van der Waals surface area contributed by atoms with Gasteiger partial charge in [-0.05, 0) is 73.4 Å². The van der Waals surface area contributed by atoms with Gasteiger partial charge in [0.05, 0.1) is 0 Å². The number of hydrogen-bond acceptors (Lipinski definition) is 3. The predicted octanol–water partition coefficient (Wildman–Crippen LogP) is 6.43. The van der Waals surface area contributed by atoms with Crippen LogP contribution in [-0.2, 0) is 12.8 Å². The van der Waals surface area contributed by atoms with E-state index >= 15 is 0 Å². The van der Waals surface area contributed by atoms with Crippen molar-refractivity contribution in [3.05, 3.63) is 114 Å². The topological polar surface area (TPSA) is 57.5 Å². The Hall–Kier alpha value is -3.85. The number of aryl methyl sites for hydroxylation is 1. The zero-order valence-electron chi connectivity index (χ0n) is 17.6. The van der Waals surface area contributed by atoms with Gasteiger partial charge in [0, 0.05) is 22.3 Å². The first kappa shape index (κ1) is 21.8. The summed E-state index contributed by atoms with van der Waals surface area (Å²) in [5, 5.41) is 21.4. The molecule has 0 bridgehead atoms. The smallest absolute Gasteiger partial charge is 0.185 e. The van der Waals surface area contributed by atoms with E-state index in [4.69, 9.17) is 0 Å². The van der Waals surface area contributed by atoms with Crippen molar-refractivity contribution in [3.8, 4) is 22.6 Å². The van der Waals surface area contributed by atoms with Crippen LogP contribution in [0.4, 0.5) is 0 Å². The highest BCUT2D eigenvalue weighted by Crippen LogP contribution is 2.39. The zero-order chi connectivity index (χ0) is 22.4. The molecule has 0 aliphatic carbocycles. The molecule has 2 N–H and O–H groups in total. The van der Waals surface area contributed by atoms with Crippen LogP contribution in [-0.4, -0.2) is 16.0 Å². The van der Waals surface area contributed by atoms with E-state index < -0.39 is 0 Å². The molecule has 0 amide bonds. The first-order chi connectivity index (χ1) is 14.9. The largest absolute Gasteiger partial charge is 0.507 e. The second-order valence-electron chi connectivity index (χ2n) is 7.49. The fourth-order valence-electron chi connectivity index (χ4n) is 3.49. The normalized spacial score (nSPS) is 10.9. The summed E-state index contributed by atoms with van der Waals surface area (Å²) in [5.74, 6) is -0.0635. The molecule has 0 saturated carbocycles. The van der Waals surface area contributed by atoms with E-state index in [-0.39, 0.29) is 17.3 Å². The van der Waals surface area contributed by atoms with Crippen molar-refractivity contribution in [1.82, 2.24) is 0 Å². The molecule has 0 saturated heterocycles. The quantitative estimate of drug-likeness (QED) is 0.256. The van der Waals surface area contributed by atoms with Gasteiger partial charge in [-0.25, -0.2) is 0 Å². The first-order valence-corrected chi connectivity index (χ1v) is 10.1. The molecular weight excluding hydrogens is 384 g/mol. The summed E-state index contributed by atoms with van der Waals surface area (Å²) in [7, 11) is 0. The highest BCUT2D eigenvalue weighted by Gasteiger charge is 2.14. The number of ketones is 1. The van der Waals surface area contributed by atoms with Gasteiger partial charge < -0.3 is 10.2 Å². The number of carbonyl (C=O) groups is 1. The molecule has 3 aromatic carbocycles. The Labute approximate surface area is 183 Å². The van der Waals surface area contributed by atoms with Crippen LogP contribution in [0.2, 0.25) is 0 Å². The van der Waals surface area contributed by atoms with Crippen LogP contribution >= 0.6 is 0 Å². The van der Waals surface area contributed by atoms with Gasteiger partial charge in [-0.3, -0.25) is 4.79 Å². The van der Waals surface area contributed by atoms with Gasteiger partial charge >= 0.3 is 0 Å². The van der Waals surface area contributed by atoms with Gasteiger partial charge in [-0.15, -0.1) is 13.2 Å². The third-order valence-corrected chi connectivity index (χ3v) is 5.03. The Bertz CT molecular complexity index is 1170. The molecule has 0 aliphatic heterocycles. The van der Waals surface area contributed by atoms with Crippen LogP contribution in [0.1, 0.15) is 32.6 Å². The van der Waals surface area contributed by atoms with Gasteiger partial charge in [0.15, 0.2) is 5.78 Å². The van der Waals surface area contributed by atoms with E-state index in [9.17, 15) is 15.0 Å². The van der Waals surface area contributed by atoms with Crippen molar-refractivity contribution in [2.75, 3.05) is 0 Å². The molecular formula is C28H26O3. The van der Waals surface area contributed by atoms with Crippen molar-refractivity contribution in [2.24, 2.45) is 0 Å². The third-order valence-electron chi connectivity index (χ3n) is 5.03. The second kappa shape index (κ2) is 9.77. The minimum Gasteiger partial charge on any atom is -0.507 e. The number of phenols is 2. The van der Waals surface area contributed by atoms with E-state index in [1.165, 1.54) is 6.08 Å². The minimum absolute atomic E-state index is 0.00663. The Morgan fingerprint density at radius 2 is 1.61 bits per heavy atom. The highest BCUT2D eigenvalue weighted by atomic mass is 16.3. The Morgan fingerprint density at radius 1 is 0.903 bits per heavy atom. The zero-order valence-corrected chi connectivity index (χ0v) is 17.6. The van der Waals surface area contributed by atoms with Gasteiger partial charge in [0.2, 0.25) is 0 Å². The monoisotopic (exact) mass is 410 g/mol. The van der Waals surface area contributed by atoms with Crippen LogP contribution in [0.5, 0.6) is 11.5 Å². The van der Waals surface area contributed by atoms with Crippen LogP contribution in [0.15, 0.2) is 86.0 Å². The second-order valence-corrected chi connectivity index (χ2v) is 7.49. The third kappa shape index (κ3) is 5.20. The Kier molecular flexibility index (Phi) is 6.88. The van der Waals surface area contributed by atoms with Gasteiger partial charge in [-0.1, -0.05) is 42.0 Å². The van der Waals surface area contributed by atoms with E-state index in [0.29, 0.717) is 35.1 Å². The van der Waals surface area contributed by atoms with Crippen LogP contribution in [0, 0.1) is 6.92 Å². The molecule has 31 heavy (non-hydrogen) atoms. The number of benzene rings is 3. The summed E-state index contributed by atoms with van der Waals surface area (Å²) < 4.78 is 0. The molecule has 0 unspecified atom stereocenters. The number of phenolic OH excluding ortho intramolecular Hbond substituents is 2. The summed E-state index contributed by atoms with van der Waals surface area (Å²) in [5.41, 5.74) is 5.03. The van der Waals surface area contributed by atoms with Gasteiger partial charge in [0.25, 0.3) is 0 Å². The molecule has 0 aliphatic rings. The molecule has 0 radical (unpaired) electrons. The SMILES string of the molecule is C=CCc1ccc(O)c(-c2cc(CC=C)cc(C=CC(=O)c3cccc(C)c3)c2O)c1. The van der Waals surface area contributed by atoms with Crippen molar-refractivity contribution >= 4 is 11.9 Å². The Morgan fingerprint density at radius 3 is 2.32 bits per heavy atom. The Balaban J connectivity index is 2.07. The summed E-state index contributed by atoms with van der Waals surface area (Å²) in [6.07, 6.45) is 7.87. The molecule has 3 aromatic rings. The molecule has 3 rings (SSSR count). The molecule has 0 atom stereocenters. The van der Waals surface area contributed by atoms with Crippen molar-refractivity contribution in [3.63, 3.8) is 0 Å². The van der Waals surface area contributed by atoms with E-state index in [2.05, 4.69) is 13.2 Å². The molecule has 3 nitrogen and oxygen atoms in total. The molecule has 0 fully saturated rings. The maximum Gasteiger partial charge on any atom is 0.185 e. The fraction of sp³-hybridized carbons (Fsp3) is 0.107. The van der Waals surface area contributed by atoms with E-state index in [1.54, 1.807) is 30.4 Å². The summed E-state index contributed by atoms with van der Waals surface area (Å²) in [6, 6.07) is 16.3. The molecule has 3 heteroatoms. The summed E-state index contributed by atoms with van der Waals surface area (Å²) >= 11 is 0. The van der Waals surface area contributed by atoms with Gasteiger partial charge in [-0.2, -0.15) is 0 Å². The highest BCUT2D eigenvalue weighted by molar-refractivity contribution is 6.07. The van der Waals surface area contributed by atoms with Crippen molar-refractivity contribution in [1.29, 1.82) is 0 Å². The molecule has 156 valence electrons. The predicted molar refractivity (Wildman–Crippen MR) is 128 cm³/mol. The lowest BCUT2D eigenvalue weighted by Gasteiger charge is -2.13. The summed E-state index contributed by atoms with van der Waals surface area (Å²) in [6.45, 7) is 9.49. The first-order valence-electron chi connectivity index (χ1n) is 10.1. The average molecular weight is 411 g/mol. The van der Waals surface area contributed by atoms with Crippen molar-refractivity contribution in [2.45, 2.75) is 19.8 Å². The maximum absolute atomic E-state index is 12.6. The van der Waals surface area contributed by atoms with Crippen LogP contribution < -0.4 is 0 Å². The number of allylic oxidation sites excluding steroid dienone is 3. The number of rotatable bonds is 8.